The number of carboxylic acid groups (broad SMARTS) is 1. The highest BCUT2D eigenvalue weighted by Gasteiger charge is 2.39. The third-order valence-electron chi connectivity index (χ3n) is 5.58. The van der Waals surface area contributed by atoms with Gasteiger partial charge in [-0.15, -0.1) is 0 Å². The largest absolute Gasteiger partial charge is 0.480 e. The summed E-state index contributed by atoms with van der Waals surface area (Å²) in [5, 5.41) is 15.0. The van der Waals surface area contributed by atoms with E-state index in [1.54, 1.807) is 7.05 Å². The first-order chi connectivity index (χ1) is 14.8. The third kappa shape index (κ3) is 6.54. The first-order valence-electron chi connectivity index (χ1n) is 10.6. The predicted octanol–water partition coefficient (Wildman–Crippen LogP) is -2.19. The molecule has 174 valence electrons. The molecule has 31 heavy (non-hydrogen) atoms. The van der Waals surface area contributed by atoms with Crippen LogP contribution in [-0.2, 0) is 19.2 Å². The maximum Gasteiger partial charge on any atom is 0.326 e. The van der Waals surface area contributed by atoms with E-state index in [0.717, 1.165) is 0 Å². The van der Waals surface area contributed by atoms with E-state index in [4.69, 9.17) is 11.5 Å². The molecule has 12 heteroatoms. The molecule has 0 saturated carbocycles. The summed E-state index contributed by atoms with van der Waals surface area (Å²) in [6, 6.07) is -2.46. The fourth-order valence-corrected chi connectivity index (χ4v) is 4.11. The Morgan fingerprint density at radius 2 is 1.74 bits per heavy atom. The average Bonchev–Trinajstić information content (AvgIpc) is 3.39. The molecule has 0 aromatic carbocycles. The molecule has 0 unspecified atom stereocenters. The van der Waals surface area contributed by atoms with Crippen LogP contribution in [0.3, 0.4) is 0 Å². The van der Waals surface area contributed by atoms with Gasteiger partial charge in [-0.1, -0.05) is 0 Å². The van der Waals surface area contributed by atoms with Crippen molar-refractivity contribution in [2.75, 3.05) is 33.2 Å². The Kier molecular flexibility index (Phi) is 9.03. The highest BCUT2D eigenvalue weighted by molar-refractivity contribution is 5.94. The highest BCUT2D eigenvalue weighted by atomic mass is 16.4. The van der Waals surface area contributed by atoms with Gasteiger partial charge in [0.05, 0.1) is 6.54 Å². The lowest BCUT2D eigenvalue weighted by molar-refractivity contribution is -0.149. The van der Waals surface area contributed by atoms with Gasteiger partial charge in [0.15, 0.2) is 5.96 Å². The van der Waals surface area contributed by atoms with E-state index in [1.807, 2.05) is 0 Å². The molecular weight excluding hydrogens is 406 g/mol. The molecule has 2 aliphatic rings. The van der Waals surface area contributed by atoms with E-state index >= 15 is 0 Å². The quantitative estimate of drug-likeness (QED) is 0.144. The van der Waals surface area contributed by atoms with E-state index < -0.39 is 35.9 Å². The number of nitrogens with one attached hydrogen (secondary N) is 2. The summed E-state index contributed by atoms with van der Waals surface area (Å²) in [7, 11) is 1.66. The van der Waals surface area contributed by atoms with Gasteiger partial charge in [0, 0.05) is 19.6 Å². The Labute approximate surface area is 181 Å². The van der Waals surface area contributed by atoms with Gasteiger partial charge in [0.1, 0.15) is 18.1 Å². The number of carbonyl (C=O) groups excluding carboxylic acids is 3. The normalized spacial score (nSPS) is 21.6. The van der Waals surface area contributed by atoms with Gasteiger partial charge in [-0.25, -0.2) is 4.79 Å². The minimum Gasteiger partial charge on any atom is -0.480 e. The smallest absolute Gasteiger partial charge is 0.326 e. The first-order valence-corrected chi connectivity index (χ1v) is 10.6. The molecule has 0 aliphatic carbocycles. The molecule has 0 aromatic rings. The molecule has 3 amide bonds. The number of nitrogens with zero attached hydrogens (tertiary/aromatic N) is 3. The van der Waals surface area contributed by atoms with Crippen molar-refractivity contribution in [2.45, 2.75) is 56.7 Å². The summed E-state index contributed by atoms with van der Waals surface area (Å²) in [5.74, 6) is -2.15. The second-order valence-electron chi connectivity index (χ2n) is 7.81. The van der Waals surface area contributed by atoms with Gasteiger partial charge >= 0.3 is 5.97 Å². The monoisotopic (exact) mass is 439 g/mol. The molecule has 3 atom stereocenters. The lowest BCUT2D eigenvalue weighted by Crippen LogP contribution is -2.55. The Balaban J connectivity index is 2.11. The summed E-state index contributed by atoms with van der Waals surface area (Å²) >= 11 is 0. The minimum absolute atomic E-state index is 0.0676. The number of amides is 3. The zero-order chi connectivity index (χ0) is 23.0. The van der Waals surface area contributed by atoms with Crippen LogP contribution in [0.15, 0.2) is 4.99 Å². The highest BCUT2D eigenvalue weighted by Crippen LogP contribution is 2.21. The summed E-state index contributed by atoms with van der Waals surface area (Å²) in [6.45, 7) is 1.21. The molecule has 0 bridgehead atoms. The number of carbonyl (C=O) groups is 4. The molecule has 2 fully saturated rings. The zero-order valence-electron chi connectivity index (χ0n) is 17.9. The molecule has 2 rings (SSSR count). The number of hydrogen-bond acceptors (Lipinski definition) is 6. The van der Waals surface area contributed by atoms with E-state index in [-0.39, 0.29) is 31.4 Å². The maximum atomic E-state index is 13.1. The number of aliphatic carboxylic acids is 1. The van der Waals surface area contributed by atoms with Crippen molar-refractivity contribution in [3.8, 4) is 0 Å². The van der Waals surface area contributed by atoms with Crippen LogP contribution in [0.1, 0.15) is 38.5 Å². The Hall–Kier alpha value is -2.89. The van der Waals surface area contributed by atoms with E-state index in [2.05, 4.69) is 15.6 Å². The maximum absolute atomic E-state index is 13.1. The number of guanidine groups is 1. The SMILES string of the molecule is CNCC(=O)N1CCC[C@H]1C(=O)N[C@@H](CCCN=C(N)N)C(=O)N1CCC[C@H]1C(=O)O. The lowest BCUT2D eigenvalue weighted by Gasteiger charge is -2.30. The predicted molar refractivity (Wildman–Crippen MR) is 113 cm³/mol. The number of rotatable bonds is 10. The molecule has 0 spiro atoms. The minimum atomic E-state index is -1.06. The topological polar surface area (TPSA) is 183 Å². The molecule has 2 heterocycles. The summed E-state index contributed by atoms with van der Waals surface area (Å²) in [5.41, 5.74) is 10.7. The second-order valence-corrected chi connectivity index (χ2v) is 7.81. The molecule has 2 aliphatic heterocycles. The summed E-state index contributed by atoms with van der Waals surface area (Å²) < 4.78 is 0. The molecule has 0 radical (unpaired) electrons. The number of likely N-dealkylation sites (N-methyl/N-ethyl adjacent to an activating group) is 1. The van der Waals surface area contributed by atoms with Gasteiger partial charge < -0.3 is 37.0 Å². The van der Waals surface area contributed by atoms with E-state index in [0.29, 0.717) is 45.2 Å². The molecule has 12 nitrogen and oxygen atoms in total. The van der Waals surface area contributed by atoms with Crippen molar-refractivity contribution >= 4 is 29.7 Å². The lowest BCUT2D eigenvalue weighted by atomic mass is 10.1. The Morgan fingerprint density at radius 1 is 1.10 bits per heavy atom. The van der Waals surface area contributed by atoms with Gasteiger partial charge in [-0.3, -0.25) is 19.4 Å². The second kappa shape index (κ2) is 11.5. The number of carboxylic acids is 1. The molecule has 2 saturated heterocycles. The van der Waals surface area contributed by atoms with Gasteiger partial charge in [-0.2, -0.15) is 0 Å². The van der Waals surface area contributed by atoms with Crippen molar-refractivity contribution in [3.63, 3.8) is 0 Å². The van der Waals surface area contributed by atoms with Crippen LogP contribution in [-0.4, -0.2) is 95.9 Å². The number of likely N-dealkylation sites (tertiary alicyclic amines) is 2. The van der Waals surface area contributed by atoms with E-state index in [9.17, 15) is 24.3 Å². The van der Waals surface area contributed by atoms with Crippen LogP contribution >= 0.6 is 0 Å². The van der Waals surface area contributed by atoms with Gasteiger partial charge in [0.2, 0.25) is 17.7 Å². The Morgan fingerprint density at radius 3 is 2.35 bits per heavy atom. The molecule has 0 aromatic heterocycles. The van der Waals surface area contributed by atoms with Crippen LogP contribution in [0.5, 0.6) is 0 Å². The number of hydrogen-bond donors (Lipinski definition) is 5. The van der Waals surface area contributed by atoms with Crippen LogP contribution in [0, 0.1) is 0 Å². The van der Waals surface area contributed by atoms with E-state index in [1.165, 1.54) is 9.80 Å². The van der Waals surface area contributed by atoms with Crippen molar-refractivity contribution < 1.29 is 24.3 Å². The first kappa shape index (κ1) is 24.4. The summed E-state index contributed by atoms with van der Waals surface area (Å²) in [6.07, 6.45) is 2.85. The average molecular weight is 440 g/mol. The van der Waals surface area contributed by atoms with Crippen molar-refractivity contribution in [3.05, 3.63) is 0 Å². The molecular formula is C19H33N7O5. The van der Waals surface area contributed by atoms with Crippen LogP contribution < -0.4 is 22.1 Å². The standard InChI is InChI=1S/C19H33N7O5/c1-22-11-15(27)25-9-3-6-13(25)16(28)24-12(5-2-8-23-19(20)21)17(29)26-10-4-7-14(26)18(30)31/h12-14,22H,2-11H2,1H3,(H,24,28)(H,30,31)(H4,20,21,23)/t12-,13-,14-/m0/s1. The Bertz CT molecular complexity index is 710. The summed E-state index contributed by atoms with van der Waals surface area (Å²) in [4.78, 5) is 56.6. The van der Waals surface area contributed by atoms with Crippen LogP contribution in [0.25, 0.3) is 0 Å². The molecule has 7 N–H and O–H groups in total. The van der Waals surface area contributed by atoms with Crippen molar-refractivity contribution in [2.24, 2.45) is 16.5 Å². The fourth-order valence-electron chi connectivity index (χ4n) is 4.11. The number of nitrogens with two attached hydrogens (primary N) is 2. The zero-order valence-corrected chi connectivity index (χ0v) is 17.9. The fraction of sp³-hybridized carbons (Fsp3) is 0.737. The van der Waals surface area contributed by atoms with Gasteiger partial charge in [0.25, 0.3) is 0 Å². The van der Waals surface area contributed by atoms with Crippen LogP contribution in [0.4, 0.5) is 0 Å². The third-order valence-corrected chi connectivity index (χ3v) is 5.58. The van der Waals surface area contributed by atoms with Crippen molar-refractivity contribution in [1.82, 2.24) is 20.4 Å². The van der Waals surface area contributed by atoms with Crippen molar-refractivity contribution in [1.29, 1.82) is 0 Å². The number of aliphatic imine (C=N–C) groups is 1. The van der Waals surface area contributed by atoms with Gasteiger partial charge in [-0.05, 0) is 45.6 Å². The van der Waals surface area contributed by atoms with Crippen LogP contribution in [0.2, 0.25) is 0 Å².